The molecule has 0 aliphatic carbocycles. The van der Waals surface area contributed by atoms with Crippen molar-refractivity contribution in [2.24, 2.45) is 0 Å². The van der Waals surface area contributed by atoms with Crippen LogP contribution in [0.5, 0.6) is 0 Å². The molecule has 0 bridgehead atoms. The molecule has 0 radical (unpaired) electrons. The predicted molar refractivity (Wildman–Crippen MR) is 48.6 cm³/mol. The Morgan fingerprint density at radius 2 is 2.42 bits per heavy atom. The third kappa shape index (κ3) is 2.44. The van der Waals surface area contributed by atoms with Gasteiger partial charge in [-0.15, -0.1) is 6.42 Å². The summed E-state index contributed by atoms with van der Waals surface area (Å²) in [6.45, 7) is 4.56. The summed E-state index contributed by atoms with van der Waals surface area (Å²) in [6, 6.07) is 3.98. The van der Waals surface area contributed by atoms with Crippen molar-refractivity contribution in [3.8, 4) is 12.3 Å². The highest BCUT2D eigenvalue weighted by Crippen LogP contribution is 2.05. The van der Waals surface area contributed by atoms with E-state index < -0.39 is 0 Å². The first-order chi connectivity index (χ1) is 5.72. The highest BCUT2D eigenvalue weighted by atomic mass is 16.3. The molecule has 0 aromatic carbocycles. The van der Waals surface area contributed by atoms with Crippen molar-refractivity contribution in [1.82, 2.24) is 5.32 Å². The molecule has 12 heavy (non-hydrogen) atoms. The Bertz CT molecular complexity index is 282. The minimum Gasteiger partial charge on any atom is -0.465 e. The molecule has 2 nitrogen and oxygen atoms in total. The van der Waals surface area contributed by atoms with Crippen LogP contribution in [0, 0.1) is 19.3 Å². The fourth-order valence-corrected chi connectivity index (χ4v) is 0.893. The zero-order valence-corrected chi connectivity index (χ0v) is 7.42. The van der Waals surface area contributed by atoms with Crippen LogP contribution < -0.4 is 5.32 Å². The maximum atomic E-state index is 5.35. The van der Waals surface area contributed by atoms with E-state index >= 15 is 0 Å². The molecule has 1 unspecified atom stereocenters. The third-order valence-electron chi connectivity index (χ3n) is 1.63. The molecule has 1 atom stereocenters. The van der Waals surface area contributed by atoms with Crippen molar-refractivity contribution >= 4 is 0 Å². The van der Waals surface area contributed by atoms with Crippen LogP contribution in [0.25, 0.3) is 0 Å². The Hall–Kier alpha value is -1.20. The number of terminal acetylenes is 1. The van der Waals surface area contributed by atoms with Gasteiger partial charge in [-0.1, -0.05) is 5.92 Å². The number of aryl methyl sites for hydroxylation is 1. The number of rotatable bonds is 3. The lowest BCUT2D eigenvalue weighted by Gasteiger charge is -2.03. The first-order valence-corrected chi connectivity index (χ1v) is 3.97. The molecule has 0 spiro atoms. The summed E-state index contributed by atoms with van der Waals surface area (Å²) in [4.78, 5) is 0. The fourth-order valence-electron chi connectivity index (χ4n) is 0.893. The van der Waals surface area contributed by atoms with Gasteiger partial charge in [0.05, 0.1) is 12.6 Å². The standard InChI is InChI=1S/C10H13NO/c1-4-8(2)11-7-10-6-5-9(3)12-10/h1,5-6,8,11H,7H2,2-3H3. The Morgan fingerprint density at radius 1 is 1.67 bits per heavy atom. The molecule has 0 amide bonds. The first kappa shape index (κ1) is 8.89. The van der Waals surface area contributed by atoms with Gasteiger partial charge < -0.3 is 4.42 Å². The lowest BCUT2D eigenvalue weighted by molar-refractivity contribution is 0.457. The summed E-state index contributed by atoms with van der Waals surface area (Å²) in [6.07, 6.45) is 5.20. The normalized spacial score (nSPS) is 12.4. The molecule has 0 aliphatic rings. The minimum atomic E-state index is 0.0930. The summed E-state index contributed by atoms with van der Waals surface area (Å²) in [7, 11) is 0. The van der Waals surface area contributed by atoms with Crippen LogP contribution in [0.2, 0.25) is 0 Å². The second-order valence-electron chi connectivity index (χ2n) is 2.78. The summed E-state index contributed by atoms with van der Waals surface area (Å²) in [5.41, 5.74) is 0. The van der Waals surface area contributed by atoms with Crippen molar-refractivity contribution in [2.75, 3.05) is 0 Å². The molecule has 1 aromatic heterocycles. The average molecular weight is 163 g/mol. The quantitative estimate of drug-likeness (QED) is 0.686. The van der Waals surface area contributed by atoms with Gasteiger partial charge in [0.1, 0.15) is 11.5 Å². The molecule has 1 N–H and O–H groups in total. The minimum absolute atomic E-state index is 0.0930. The molecule has 0 saturated carbocycles. The summed E-state index contributed by atoms with van der Waals surface area (Å²) in [5.74, 6) is 4.45. The first-order valence-electron chi connectivity index (χ1n) is 3.97. The van der Waals surface area contributed by atoms with E-state index in [1.54, 1.807) is 0 Å². The second-order valence-corrected chi connectivity index (χ2v) is 2.78. The van der Waals surface area contributed by atoms with Crippen molar-refractivity contribution < 1.29 is 4.42 Å². The number of hydrogen-bond donors (Lipinski definition) is 1. The van der Waals surface area contributed by atoms with Crippen molar-refractivity contribution in [3.63, 3.8) is 0 Å². The van der Waals surface area contributed by atoms with E-state index in [0.29, 0.717) is 6.54 Å². The van der Waals surface area contributed by atoms with Gasteiger partial charge in [0.2, 0.25) is 0 Å². The van der Waals surface area contributed by atoms with Gasteiger partial charge in [-0.2, -0.15) is 0 Å². The molecule has 1 rings (SSSR count). The van der Waals surface area contributed by atoms with Gasteiger partial charge in [0.15, 0.2) is 0 Å². The van der Waals surface area contributed by atoms with E-state index in [0.717, 1.165) is 11.5 Å². The Balaban J connectivity index is 2.39. The number of nitrogens with one attached hydrogen (secondary N) is 1. The lowest BCUT2D eigenvalue weighted by atomic mass is 10.3. The van der Waals surface area contributed by atoms with Gasteiger partial charge in [0, 0.05) is 0 Å². The van der Waals surface area contributed by atoms with E-state index in [2.05, 4.69) is 11.2 Å². The molecule has 0 saturated heterocycles. The van der Waals surface area contributed by atoms with Crippen LogP contribution in [0.1, 0.15) is 18.4 Å². The van der Waals surface area contributed by atoms with E-state index in [9.17, 15) is 0 Å². The van der Waals surface area contributed by atoms with E-state index in [1.165, 1.54) is 0 Å². The topological polar surface area (TPSA) is 25.2 Å². The van der Waals surface area contributed by atoms with Crippen molar-refractivity contribution in [1.29, 1.82) is 0 Å². The zero-order valence-electron chi connectivity index (χ0n) is 7.42. The van der Waals surface area contributed by atoms with Crippen LogP contribution in [0.4, 0.5) is 0 Å². The van der Waals surface area contributed by atoms with Crippen molar-refractivity contribution in [3.05, 3.63) is 23.7 Å². The van der Waals surface area contributed by atoms with Gasteiger partial charge in [-0.05, 0) is 26.0 Å². The number of furan rings is 1. The van der Waals surface area contributed by atoms with E-state index in [1.807, 2.05) is 26.0 Å². The highest BCUT2D eigenvalue weighted by Gasteiger charge is 1.99. The Morgan fingerprint density at radius 3 is 2.92 bits per heavy atom. The van der Waals surface area contributed by atoms with Gasteiger partial charge >= 0.3 is 0 Å². The van der Waals surface area contributed by atoms with Crippen LogP contribution in [0.3, 0.4) is 0 Å². The molecular formula is C10H13NO. The monoisotopic (exact) mass is 163 g/mol. The SMILES string of the molecule is C#CC(C)NCc1ccc(C)o1. The maximum absolute atomic E-state index is 5.35. The largest absolute Gasteiger partial charge is 0.465 e. The Kier molecular flexibility index (Phi) is 2.95. The molecule has 0 aliphatic heterocycles. The summed E-state index contributed by atoms with van der Waals surface area (Å²) >= 11 is 0. The van der Waals surface area contributed by atoms with Crippen LogP contribution in [-0.4, -0.2) is 6.04 Å². The smallest absolute Gasteiger partial charge is 0.117 e. The maximum Gasteiger partial charge on any atom is 0.117 e. The zero-order chi connectivity index (χ0) is 8.97. The van der Waals surface area contributed by atoms with Gasteiger partial charge in [-0.3, -0.25) is 5.32 Å². The van der Waals surface area contributed by atoms with Gasteiger partial charge in [0.25, 0.3) is 0 Å². The lowest BCUT2D eigenvalue weighted by Crippen LogP contribution is -2.23. The molecular weight excluding hydrogens is 150 g/mol. The fraction of sp³-hybridized carbons (Fsp3) is 0.400. The van der Waals surface area contributed by atoms with E-state index in [4.69, 9.17) is 10.8 Å². The second kappa shape index (κ2) is 3.99. The summed E-state index contributed by atoms with van der Waals surface area (Å²) < 4.78 is 5.35. The predicted octanol–water partition coefficient (Wildman–Crippen LogP) is 1.70. The van der Waals surface area contributed by atoms with Gasteiger partial charge in [-0.25, -0.2) is 0 Å². The molecule has 64 valence electrons. The van der Waals surface area contributed by atoms with Crippen LogP contribution >= 0.6 is 0 Å². The van der Waals surface area contributed by atoms with E-state index in [-0.39, 0.29) is 6.04 Å². The molecule has 0 fully saturated rings. The third-order valence-corrected chi connectivity index (χ3v) is 1.63. The average Bonchev–Trinajstić information content (AvgIpc) is 2.47. The van der Waals surface area contributed by atoms with Crippen LogP contribution in [0.15, 0.2) is 16.5 Å². The molecule has 1 heterocycles. The van der Waals surface area contributed by atoms with Crippen molar-refractivity contribution in [2.45, 2.75) is 26.4 Å². The molecule has 1 aromatic rings. The van der Waals surface area contributed by atoms with Crippen LogP contribution in [-0.2, 0) is 6.54 Å². The summed E-state index contributed by atoms with van der Waals surface area (Å²) in [5, 5.41) is 3.13. The molecule has 2 heteroatoms. The number of hydrogen-bond acceptors (Lipinski definition) is 2. The Labute approximate surface area is 73.0 Å². The highest BCUT2D eigenvalue weighted by molar-refractivity contribution is 5.06.